The Labute approximate surface area is 300 Å². The molecule has 2 heterocycles. The van der Waals surface area contributed by atoms with Gasteiger partial charge in [-0.15, -0.1) is 0 Å². The molecule has 0 aliphatic heterocycles. The molecule has 5 nitrogen and oxygen atoms in total. The number of para-hydroxylation sites is 2. The third-order valence-electron chi connectivity index (χ3n) is 9.67. The molecule has 0 amide bonds. The minimum atomic E-state index is 0.561. The lowest BCUT2D eigenvalue weighted by Gasteiger charge is -2.26. The first-order valence-corrected chi connectivity index (χ1v) is 17.4. The fraction of sp³-hybridized carbons (Fsp3) is 0. The molecule has 2 aromatic heterocycles. The smallest absolute Gasteiger partial charge is 0.164 e. The Bertz CT molecular complexity index is 2860. The van der Waals surface area contributed by atoms with E-state index in [1.54, 1.807) is 0 Å². The zero-order valence-corrected chi connectivity index (χ0v) is 28.0. The van der Waals surface area contributed by atoms with Crippen molar-refractivity contribution in [1.29, 1.82) is 0 Å². The van der Waals surface area contributed by atoms with Gasteiger partial charge < -0.3 is 9.32 Å². The van der Waals surface area contributed by atoms with Crippen LogP contribution in [0, 0.1) is 0 Å². The summed E-state index contributed by atoms with van der Waals surface area (Å²) in [5.74, 6) is 1.78. The summed E-state index contributed by atoms with van der Waals surface area (Å²) in [6, 6.07) is 62.6. The van der Waals surface area contributed by atoms with E-state index in [9.17, 15) is 0 Å². The third kappa shape index (κ3) is 5.07. The first kappa shape index (κ1) is 29.8. The first-order valence-electron chi connectivity index (χ1n) is 17.4. The van der Waals surface area contributed by atoms with Crippen LogP contribution in [0.1, 0.15) is 0 Å². The van der Waals surface area contributed by atoms with Crippen molar-refractivity contribution in [2.45, 2.75) is 0 Å². The van der Waals surface area contributed by atoms with Gasteiger partial charge in [-0.1, -0.05) is 140 Å². The molecular weight excluding hydrogens is 637 g/mol. The summed E-state index contributed by atoms with van der Waals surface area (Å²) in [5, 5.41) is 6.47. The SMILES string of the molecule is c1ccc(-c2nc(-c3cc(N(c4ccccc4)c4ccccc4)c4c(c3)oc3c5ccccc5ccc34)nc(-c3cccc4ccccc34)n2)cc1. The summed E-state index contributed by atoms with van der Waals surface area (Å²) < 4.78 is 6.88. The Morgan fingerprint density at radius 3 is 1.67 bits per heavy atom. The fourth-order valence-corrected chi connectivity index (χ4v) is 7.26. The molecule has 0 saturated carbocycles. The van der Waals surface area contributed by atoms with Gasteiger partial charge in [0.25, 0.3) is 0 Å². The number of nitrogens with zero attached hydrogens (tertiary/aromatic N) is 4. The van der Waals surface area contributed by atoms with Crippen molar-refractivity contribution in [3.05, 3.63) is 182 Å². The van der Waals surface area contributed by atoms with E-state index in [1.165, 1.54) is 0 Å². The maximum absolute atomic E-state index is 6.88. The van der Waals surface area contributed by atoms with Crippen molar-refractivity contribution in [3.63, 3.8) is 0 Å². The molecule has 8 aromatic carbocycles. The zero-order chi connectivity index (χ0) is 34.4. The van der Waals surface area contributed by atoms with E-state index >= 15 is 0 Å². The summed E-state index contributed by atoms with van der Waals surface area (Å²) >= 11 is 0. The maximum atomic E-state index is 6.88. The molecule has 0 radical (unpaired) electrons. The Morgan fingerprint density at radius 1 is 0.404 bits per heavy atom. The topological polar surface area (TPSA) is 55.1 Å². The third-order valence-corrected chi connectivity index (χ3v) is 9.67. The second-order valence-corrected chi connectivity index (χ2v) is 12.8. The largest absolute Gasteiger partial charge is 0.455 e. The standard InChI is InChI=1S/C47H30N4O/c1-4-17-33(18-5-1)45-48-46(50-47(49-45)39-26-14-19-31-15-10-12-24-37(31)39)34-29-41(51(35-20-6-2-7-21-35)36-22-8-3-9-23-36)43-40-28-27-32-16-11-13-25-38(32)44(40)52-42(43)30-34/h1-30H. The number of anilines is 3. The molecule has 0 aliphatic rings. The van der Waals surface area contributed by atoms with Crippen LogP contribution in [-0.4, -0.2) is 15.0 Å². The second-order valence-electron chi connectivity index (χ2n) is 12.8. The highest BCUT2D eigenvalue weighted by Crippen LogP contribution is 2.46. The molecule has 10 rings (SSSR count). The van der Waals surface area contributed by atoms with Crippen LogP contribution in [0.25, 0.3) is 77.6 Å². The minimum Gasteiger partial charge on any atom is -0.455 e. The molecule has 10 aromatic rings. The van der Waals surface area contributed by atoms with Crippen molar-refractivity contribution >= 4 is 60.5 Å². The molecule has 0 spiro atoms. The van der Waals surface area contributed by atoms with Crippen molar-refractivity contribution in [2.75, 3.05) is 4.90 Å². The molecule has 0 fully saturated rings. The van der Waals surface area contributed by atoms with Gasteiger partial charge in [0.05, 0.1) is 11.1 Å². The summed E-state index contributed by atoms with van der Waals surface area (Å²) in [6.07, 6.45) is 0. The van der Waals surface area contributed by atoms with Gasteiger partial charge in [0.2, 0.25) is 0 Å². The highest BCUT2D eigenvalue weighted by atomic mass is 16.3. The van der Waals surface area contributed by atoms with Gasteiger partial charge in [0.1, 0.15) is 11.2 Å². The maximum Gasteiger partial charge on any atom is 0.164 e. The summed E-state index contributed by atoms with van der Waals surface area (Å²) in [6.45, 7) is 0. The van der Waals surface area contributed by atoms with Crippen LogP contribution in [-0.2, 0) is 0 Å². The second kappa shape index (κ2) is 12.3. The van der Waals surface area contributed by atoms with Gasteiger partial charge in [-0.25, -0.2) is 15.0 Å². The van der Waals surface area contributed by atoms with E-state index in [4.69, 9.17) is 19.4 Å². The monoisotopic (exact) mass is 666 g/mol. The molecule has 0 saturated heterocycles. The van der Waals surface area contributed by atoms with Gasteiger partial charge in [-0.3, -0.25) is 0 Å². The van der Waals surface area contributed by atoms with Crippen LogP contribution < -0.4 is 4.90 Å². The van der Waals surface area contributed by atoms with Crippen molar-refractivity contribution in [2.24, 2.45) is 0 Å². The molecule has 52 heavy (non-hydrogen) atoms. The molecule has 0 N–H and O–H groups in total. The van der Waals surface area contributed by atoms with Crippen molar-refractivity contribution in [3.8, 4) is 34.2 Å². The Balaban J connectivity index is 1.30. The van der Waals surface area contributed by atoms with E-state index in [0.29, 0.717) is 17.5 Å². The van der Waals surface area contributed by atoms with Crippen molar-refractivity contribution < 1.29 is 4.42 Å². The highest BCUT2D eigenvalue weighted by Gasteiger charge is 2.23. The number of furan rings is 1. The van der Waals surface area contributed by atoms with E-state index in [2.05, 4.69) is 144 Å². The Hall–Kier alpha value is -7.11. The van der Waals surface area contributed by atoms with Gasteiger partial charge in [0, 0.05) is 38.8 Å². The summed E-state index contributed by atoms with van der Waals surface area (Å²) in [7, 11) is 0. The number of rotatable bonds is 6. The van der Waals surface area contributed by atoms with Gasteiger partial charge in [0.15, 0.2) is 17.5 Å². The van der Waals surface area contributed by atoms with E-state index in [1.807, 2.05) is 42.5 Å². The molecule has 0 unspecified atom stereocenters. The molecule has 0 bridgehead atoms. The minimum absolute atomic E-state index is 0.561. The van der Waals surface area contributed by atoms with Gasteiger partial charge in [-0.05, 0) is 58.6 Å². The molecule has 244 valence electrons. The Morgan fingerprint density at radius 2 is 0.962 bits per heavy atom. The lowest BCUT2D eigenvalue weighted by Crippen LogP contribution is -2.10. The lowest BCUT2D eigenvalue weighted by molar-refractivity contribution is 0.673. The van der Waals surface area contributed by atoms with E-state index < -0.39 is 0 Å². The van der Waals surface area contributed by atoms with E-state index in [0.717, 1.165) is 77.2 Å². The number of benzene rings is 8. The predicted molar refractivity (Wildman–Crippen MR) is 213 cm³/mol. The number of hydrogen-bond donors (Lipinski definition) is 0. The predicted octanol–water partition coefficient (Wildman–Crippen LogP) is 12.5. The number of aromatic nitrogens is 3. The number of hydrogen-bond acceptors (Lipinski definition) is 5. The molecular formula is C47H30N4O. The highest BCUT2D eigenvalue weighted by molar-refractivity contribution is 6.20. The van der Waals surface area contributed by atoms with E-state index in [-0.39, 0.29) is 0 Å². The van der Waals surface area contributed by atoms with Crippen LogP contribution >= 0.6 is 0 Å². The Kier molecular flexibility index (Phi) is 7.07. The van der Waals surface area contributed by atoms with Crippen LogP contribution in [0.3, 0.4) is 0 Å². The normalized spacial score (nSPS) is 11.5. The summed E-state index contributed by atoms with van der Waals surface area (Å²) in [4.78, 5) is 17.7. The quantitative estimate of drug-likeness (QED) is 0.177. The van der Waals surface area contributed by atoms with Crippen molar-refractivity contribution in [1.82, 2.24) is 15.0 Å². The number of fused-ring (bicyclic) bond motifs is 6. The van der Waals surface area contributed by atoms with Gasteiger partial charge in [-0.2, -0.15) is 0 Å². The molecule has 5 heteroatoms. The zero-order valence-electron chi connectivity index (χ0n) is 28.0. The first-order chi connectivity index (χ1) is 25.8. The fourth-order valence-electron chi connectivity index (χ4n) is 7.26. The van der Waals surface area contributed by atoms with Crippen LogP contribution in [0.4, 0.5) is 17.1 Å². The average Bonchev–Trinajstić information content (AvgIpc) is 3.61. The lowest BCUT2D eigenvalue weighted by atomic mass is 10.0. The summed E-state index contributed by atoms with van der Waals surface area (Å²) in [5.41, 5.74) is 7.31. The van der Waals surface area contributed by atoms with Gasteiger partial charge >= 0.3 is 0 Å². The van der Waals surface area contributed by atoms with Crippen LogP contribution in [0.2, 0.25) is 0 Å². The molecule has 0 atom stereocenters. The van der Waals surface area contributed by atoms with Crippen LogP contribution in [0.5, 0.6) is 0 Å². The average molecular weight is 667 g/mol. The molecule has 0 aliphatic carbocycles. The van der Waals surface area contributed by atoms with Crippen LogP contribution in [0.15, 0.2) is 186 Å².